The number of hydrogen-bond acceptors (Lipinski definition) is 4. The third-order valence-electron chi connectivity index (χ3n) is 3.47. The van der Waals surface area contributed by atoms with E-state index >= 15 is 0 Å². The largest absolute Gasteiger partial charge is 0.417 e. The molecule has 5 nitrogen and oxygen atoms in total. The summed E-state index contributed by atoms with van der Waals surface area (Å²) in [6.07, 6.45) is -2.73. The van der Waals surface area contributed by atoms with Crippen LogP contribution < -0.4 is 4.90 Å². The fourth-order valence-corrected chi connectivity index (χ4v) is 2.38. The average Bonchev–Trinajstić information content (AvgIpc) is 2.93. The van der Waals surface area contributed by atoms with Gasteiger partial charge >= 0.3 is 6.18 Å². The van der Waals surface area contributed by atoms with Gasteiger partial charge in [0.15, 0.2) is 12.1 Å². The van der Waals surface area contributed by atoms with E-state index < -0.39 is 11.7 Å². The molecule has 3 rings (SSSR count). The molecule has 0 fully saturated rings. The first-order chi connectivity index (χ1) is 9.99. The molecule has 0 atom stereocenters. The van der Waals surface area contributed by atoms with Gasteiger partial charge in [-0.05, 0) is 18.2 Å². The van der Waals surface area contributed by atoms with E-state index in [1.165, 1.54) is 12.1 Å². The molecule has 110 valence electrons. The van der Waals surface area contributed by atoms with Crippen LogP contribution in [0.5, 0.6) is 0 Å². The third-order valence-corrected chi connectivity index (χ3v) is 3.47. The van der Waals surface area contributed by atoms with E-state index in [0.717, 1.165) is 6.07 Å². The van der Waals surface area contributed by atoms with E-state index in [2.05, 4.69) is 10.2 Å². The summed E-state index contributed by atoms with van der Waals surface area (Å²) in [5.41, 5.74) is -0.851. The van der Waals surface area contributed by atoms with E-state index in [-0.39, 0.29) is 11.8 Å². The fourth-order valence-electron chi connectivity index (χ4n) is 2.38. The number of anilines is 1. The lowest BCUT2D eigenvalue weighted by Gasteiger charge is -2.29. The number of aromatic nitrogens is 3. The third kappa shape index (κ3) is 2.48. The SMILES string of the molecule is O=Cc1ccc(N2CCn3cnnc3C2)cc1C(F)(F)F. The van der Waals surface area contributed by atoms with E-state index in [1.54, 1.807) is 11.2 Å². The molecule has 1 aromatic carbocycles. The van der Waals surface area contributed by atoms with Gasteiger partial charge in [0, 0.05) is 24.3 Å². The summed E-state index contributed by atoms with van der Waals surface area (Å²) in [5.74, 6) is 0.703. The predicted octanol–water partition coefficient (Wildman–Crippen LogP) is 2.13. The van der Waals surface area contributed by atoms with Crippen molar-refractivity contribution in [2.24, 2.45) is 0 Å². The van der Waals surface area contributed by atoms with Crippen molar-refractivity contribution < 1.29 is 18.0 Å². The summed E-state index contributed by atoms with van der Waals surface area (Å²) in [4.78, 5) is 12.5. The van der Waals surface area contributed by atoms with Crippen LogP contribution in [0.2, 0.25) is 0 Å². The Morgan fingerprint density at radius 1 is 1.24 bits per heavy atom. The molecule has 8 heteroatoms. The van der Waals surface area contributed by atoms with Crippen LogP contribution in [-0.2, 0) is 19.3 Å². The Balaban J connectivity index is 1.95. The number of fused-ring (bicyclic) bond motifs is 1. The quantitative estimate of drug-likeness (QED) is 0.797. The number of carbonyl (C=O) groups is 1. The van der Waals surface area contributed by atoms with Crippen LogP contribution in [0.4, 0.5) is 18.9 Å². The standard InChI is InChI=1S/C13H11F3N4O/c14-13(15,16)11-5-10(2-1-9(11)7-21)19-3-4-20-8-17-18-12(20)6-19/h1-2,5,7-8H,3-4,6H2. The highest BCUT2D eigenvalue weighted by Crippen LogP contribution is 2.34. The van der Waals surface area contributed by atoms with E-state index in [9.17, 15) is 18.0 Å². The van der Waals surface area contributed by atoms with Gasteiger partial charge in [-0.15, -0.1) is 10.2 Å². The van der Waals surface area contributed by atoms with Crippen LogP contribution in [0.3, 0.4) is 0 Å². The second-order valence-electron chi connectivity index (χ2n) is 4.75. The maximum atomic E-state index is 13.0. The number of aldehydes is 1. The maximum Gasteiger partial charge on any atom is 0.417 e. The summed E-state index contributed by atoms with van der Waals surface area (Å²) in [6, 6.07) is 3.73. The van der Waals surface area contributed by atoms with E-state index in [1.807, 2.05) is 4.57 Å². The lowest BCUT2D eigenvalue weighted by molar-refractivity contribution is -0.137. The van der Waals surface area contributed by atoms with Crippen LogP contribution in [-0.4, -0.2) is 27.6 Å². The molecule has 1 aliphatic heterocycles. The molecule has 0 saturated heterocycles. The normalized spacial score (nSPS) is 14.9. The number of hydrogen-bond donors (Lipinski definition) is 0. The molecule has 0 unspecified atom stereocenters. The van der Waals surface area contributed by atoms with Crippen LogP contribution in [0.1, 0.15) is 21.7 Å². The van der Waals surface area contributed by atoms with E-state index in [0.29, 0.717) is 31.1 Å². The van der Waals surface area contributed by atoms with Crippen molar-refractivity contribution in [2.75, 3.05) is 11.4 Å². The highest BCUT2D eigenvalue weighted by Gasteiger charge is 2.34. The van der Waals surface area contributed by atoms with Gasteiger partial charge in [-0.2, -0.15) is 13.2 Å². The zero-order chi connectivity index (χ0) is 15.0. The van der Waals surface area contributed by atoms with E-state index in [4.69, 9.17) is 0 Å². The molecule has 1 aromatic heterocycles. The molecule has 2 heterocycles. The molecule has 21 heavy (non-hydrogen) atoms. The Morgan fingerprint density at radius 3 is 2.76 bits per heavy atom. The van der Waals surface area contributed by atoms with Gasteiger partial charge in [0.05, 0.1) is 12.1 Å². The number of benzene rings is 1. The summed E-state index contributed by atoms with van der Waals surface area (Å²) in [5, 5.41) is 7.71. The monoisotopic (exact) mass is 296 g/mol. The molecule has 0 aliphatic carbocycles. The van der Waals surface area contributed by atoms with Crippen LogP contribution in [0.25, 0.3) is 0 Å². The van der Waals surface area contributed by atoms with Gasteiger partial charge in [-0.25, -0.2) is 0 Å². The highest BCUT2D eigenvalue weighted by atomic mass is 19.4. The van der Waals surface area contributed by atoms with Crippen molar-refractivity contribution in [3.8, 4) is 0 Å². The predicted molar refractivity (Wildman–Crippen MR) is 67.9 cm³/mol. The first-order valence-electron chi connectivity index (χ1n) is 6.27. The van der Waals surface area contributed by atoms with Crippen LogP contribution in [0.15, 0.2) is 24.5 Å². The summed E-state index contributed by atoms with van der Waals surface area (Å²) in [7, 11) is 0. The van der Waals surface area contributed by atoms with Crippen LogP contribution >= 0.6 is 0 Å². The minimum Gasteiger partial charge on any atom is -0.362 e. The van der Waals surface area contributed by atoms with Gasteiger partial charge in [0.1, 0.15) is 6.33 Å². The summed E-state index contributed by atoms with van der Waals surface area (Å²) in [6.45, 7) is 1.56. The first kappa shape index (κ1) is 13.6. The zero-order valence-corrected chi connectivity index (χ0v) is 10.8. The molecule has 1 aliphatic rings. The van der Waals surface area contributed by atoms with Crippen molar-refractivity contribution in [2.45, 2.75) is 19.3 Å². The fraction of sp³-hybridized carbons (Fsp3) is 0.308. The van der Waals surface area contributed by atoms with Crippen molar-refractivity contribution in [3.05, 3.63) is 41.5 Å². The highest BCUT2D eigenvalue weighted by molar-refractivity contribution is 5.79. The molecular formula is C13H11F3N4O. The number of rotatable bonds is 2. The number of alkyl halides is 3. The minimum absolute atomic E-state index is 0.222. The number of nitrogens with zero attached hydrogens (tertiary/aromatic N) is 4. The Morgan fingerprint density at radius 2 is 2.05 bits per heavy atom. The molecule has 0 radical (unpaired) electrons. The van der Waals surface area contributed by atoms with Crippen molar-refractivity contribution in [1.82, 2.24) is 14.8 Å². The first-order valence-corrected chi connectivity index (χ1v) is 6.27. The Kier molecular flexibility index (Phi) is 3.15. The molecule has 0 bridgehead atoms. The molecule has 0 amide bonds. The number of halogens is 3. The zero-order valence-electron chi connectivity index (χ0n) is 10.8. The molecular weight excluding hydrogens is 285 g/mol. The Bertz CT molecular complexity index is 680. The van der Waals surface area contributed by atoms with Crippen molar-refractivity contribution >= 4 is 12.0 Å². The molecule has 2 aromatic rings. The van der Waals surface area contributed by atoms with Crippen molar-refractivity contribution in [3.63, 3.8) is 0 Å². The topological polar surface area (TPSA) is 51.0 Å². The lowest BCUT2D eigenvalue weighted by atomic mass is 10.1. The second-order valence-corrected chi connectivity index (χ2v) is 4.75. The van der Waals surface area contributed by atoms with Gasteiger partial charge in [-0.1, -0.05) is 0 Å². The van der Waals surface area contributed by atoms with Gasteiger partial charge < -0.3 is 9.47 Å². The number of carbonyl (C=O) groups excluding carboxylic acids is 1. The van der Waals surface area contributed by atoms with Crippen LogP contribution in [0, 0.1) is 0 Å². The lowest BCUT2D eigenvalue weighted by Crippen LogP contribution is -2.33. The van der Waals surface area contributed by atoms with Crippen molar-refractivity contribution in [1.29, 1.82) is 0 Å². The van der Waals surface area contributed by atoms with Gasteiger partial charge in [-0.3, -0.25) is 4.79 Å². The summed E-state index contributed by atoms with van der Waals surface area (Å²) < 4.78 is 40.8. The average molecular weight is 296 g/mol. The maximum absolute atomic E-state index is 13.0. The molecule has 0 N–H and O–H groups in total. The second kappa shape index (κ2) is 4.87. The van der Waals surface area contributed by atoms with Gasteiger partial charge in [0.2, 0.25) is 0 Å². The smallest absolute Gasteiger partial charge is 0.362 e. The Hall–Kier alpha value is -2.38. The minimum atomic E-state index is -4.55. The molecule has 0 saturated carbocycles. The Labute approximate surface area is 118 Å². The summed E-state index contributed by atoms with van der Waals surface area (Å²) >= 11 is 0. The molecule has 0 spiro atoms. The van der Waals surface area contributed by atoms with Gasteiger partial charge in [0.25, 0.3) is 0 Å².